The number of nitrogens with zero attached hydrogens (tertiary/aromatic N) is 5. The fraction of sp³-hybridized carbons (Fsp3) is 0.650. The van der Waals surface area contributed by atoms with Crippen molar-refractivity contribution in [2.75, 3.05) is 32.7 Å². The molecule has 2 aliphatic rings. The highest BCUT2D eigenvalue weighted by molar-refractivity contribution is 5.78. The topological polar surface area (TPSA) is 54.3 Å². The van der Waals surface area contributed by atoms with Crippen LogP contribution in [0.1, 0.15) is 50.6 Å². The standard InChI is InChI=1S/C20H29N5O/c1-2-9-25-20-16(13-21-25)7-8-18(22-20)17-6-5-10-23(14-17)15-19(26)24-11-3-4-12-24/h7-8,13,17H,2-6,9-12,14-15H2,1H3. The Balaban J connectivity index is 1.46. The van der Waals surface area contributed by atoms with Crippen LogP contribution in [0, 0.1) is 0 Å². The second-order valence-corrected chi connectivity index (χ2v) is 7.68. The highest BCUT2D eigenvalue weighted by Crippen LogP contribution is 2.27. The minimum Gasteiger partial charge on any atom is -0.342 e. The van der Waals surface area contributed by atoms with E-state index in [2.05, 4.69) is 29.1 Å². The van der Waals surface area contributed by atoms with E-state index in [0.29, 0.717) is 18.4 Å². The number of hydrogen-bond donors (Lipinski definition) is 0. The molecule has 0 aromatic carbocycles. The van der Waals surface area contributed by atoms with Crippen molar-refractivity contribution in [3.8, 4) is 0 Å². The fourth-order valence-corrected chi connectivity index (χ4v) is 4.27. The number of pyridine rings is 1. The van der Waals surface area contributed by atoms with Crippen molar-refractivity contribution in [2.24, 2.45) is 0 Å². The predicted octanol–water partition coefficient (Wildman–Crippen LogP) is 2.64. The van der Waals surface area contributed by atoms with Crippen LogP contribution in [0.5, 0.6) is 0 Å². The van der Waals surface area contributed by atoms with Crippen molar-refractivity contribution < 1.29 is 4.79 Å². The van der Waals surface area contributed by atoms with Gasteiger partial charge in [-0.05, 0) is 50.8 Å². The van der Waals surface area contributed by atoms with Gasteiger partial charge in [0.2, 0.25) is 5.91 Å². The first-order valence-corrected chi connectivity index (χ1v) is 10.1. The summed E-state index contributed by atoms with van der Waals surface area (Å²) in [5.74, 6) is 0.706. The lowest BCUT2D eigenvalue weighted by atomic mass is 9.94. The Kier molecular flexibility index (Phi) is 5.20. The normalized spacial score (nSPS) is 21.6. The number of fused-ring (bicyclic) bond motifs is 1. The summed E-state index contributed by atoms with van der Waals surface area (Å²) >= 11 is 0. The molecule has 26 heavy (non-hydrogen) atoms. The van der Waals surface area contributed by atoms with Crippen LogP contribution in [0.2, 0.25) is 0 Å². The zero-order valence-electron chi connectivity index (χ0n) is 15.7. The SMILES string of the molecule is CCCn1ncc2ccc(C3CCCN(CC(=O)N4CCCC4)C3)nc21. The molecule has 2 fully saturated rings. The van der Waals surface area contributed by atoms with E-state index < -0.39 is 0 Å². The average molecular weight is 355 g/mol. The Labute approximate surface area is 155 Å². The number of carbonyl (C=O) groups excluding carboxylic acids is 1. The molecule has 4 heterocycles. The number of rotatable bonds is 5. The van der Waals surface area contributed by atoms with Gasteiger partial charge in [0.15, 0.2) is 5.65 Å². The van der Waals surface area contributed by atoms with E-state index in [4.69, 9.17) is 4.98 Å². The second kappa shape index (κ2) is 7.74. The molecule has 2 aliphatic heterocycles. The molecule has 0 bridgehead atoms. The molecule has 1 unspecified atom stereocenters. The minimum absolute atomic E-state index is 0.299. The van der Waals surface area contributed by atoms with Crippen LogP contribution in [-0.4, -0.2) is 63.2 Å². The fourth-order valence-electron chi connectivity index (χ4n) is 4.27. The molecule has 2 saturated heterocycles. The van der Waals surface area contributed by atoms with Crippen molar-refractivity contribution in [3.05, 3.63) is 24.0 Å². The lowest BCUT2D eigenvalue weighted by molar-refractivity contribution is -0.131. The number of piperidine rings is 1. The maximum Gasteiger partial charge on any atom is 0.236 e. The van der Waals surface area contributed by atoms with Crippen molar-refractivity contribution in [1.82, 2.24) is 24.6 Å². The van der Waals surface area contributed by atoms with Crippen LogP contribution >= 0.6 is 0 Å². The van der Waals surface area contributed by atoms with Crippen molar-refractivity contribution >= 4 is 16.9 Å². The second-order valence-electron chi connectivity index (χ2n) is 7.68. The van der Waals surface area contributed by atoms with Gasteiger partial charge in [0, 0.05) is 43.2 Å². The number of carbonyl (C=O) groups is 1. The quantitative estimate of drug-likeness (QED) is 0.827. The molecule has 140 valence electrons. The Morgan fingerprint density at radius 2 is 2.04 bits per heavy atom. The lowest BCUT2D eigenvalue weighted by Gasteiger charge is -2.33. The first-order valence-electron chi connectivity index (χ1n) is 10.1. The van der Waals surface area contributed by atoms with Crippen LogP contribution in [0.4, 0.5) is 0 Å². The van der Waals surface area contributed by atoms with Crippen LogP contribution < -0.4 is 0 Å². The largest absolute Gasteiger partial charge is 0.342 e. The third-order valence-corrected chi connectivity index (χ3v) is 5.68. The highest BCUT2D eigenvalue weighted by atomic mass is 16.2. The van der Waals surface area contributed by atoms with Crippen LogP contribution in [0.15, 0.2) is 18.3 Å². The molecule has 0 spiro atoms. The summed E-state index contributed by atoms with van der Waals surface area (Å²) in [6, 6.07) is 4.29. The van der Waals surface area contributed by atoms with Gasteiger partial charge in [-0.25, -0.2) is 9.67 Å². The molecule has 0 radical (unpaired) electrons. The molecular formula is C20H29N5O. The monoisotopic (exact) mass is 355 g/mol. The summed E-state index contributed by atoms with van der Waals surface area (Å²) < 4.78 is 2.01. The molecule has 1 atom stereocenters. The van der Waals surface area contributed by atoms with E-state index in [1.807, 2.05) is 15.8 Å². The molecule has 0 N–H and O–H groups in total. The van der Waals surface area contributed by atoms with Crippen LogP contribution in [0.3, 0.4) is 0 Å². The number of amides is 1. The number of aromatic nitrogens is 3. The summed E-state index contributed by atoms with van der Waals surface area (Å²) in [6.07, 6.45) is 7.55. The minimum atomic E-state index is 0.299. The molecule has 2 aromatic rings. The Morgan fingerprint density at radius 1 is 1.19 bits per heavy atom. The van der Waals surface area contributed by atoms with E-state index in [-0.39, 0.29) is 0 Å². The number of aryl methyl sites for hydroxylation is 1. The van der Waals surface area contributed by atoms with Crippen molar-refractivity contribution in [1.29, 1.82) is 0 Å². The van der Waals surface area contributed by atoms with Gasteiger partial charge in [-0.1, -0.05) is 6.92 Å². The Bertz CT molecular complexity index is 765. The zero-order chi connectivity index (χ0) is 17.9. The number of likely N-dealkylation sites (tertiary alicyclic amines) is 2. The summed E-state index contributed by atoms with van der Waals surface area (Å²) in [7, 11) is 0. The molecule has 6 nitrogen and oxygen atoms in total. The third kappa shape index (κ3) is 3.61. The smallest absolute Gasteiger partial charge is 0.236 e. The first-order chi connectivity index (χ1) is 12.7. The van der Waals surface area contributed by atoms with Crippen LogP contribution in [-0.2, 0) is 11.3 Å². The summed E-state index contributed by atoms with van der Waals surface area (Å²) in [5, 5.41) is 5.57. The van der Waals surface area contributed by atoms with E-state index in [9.17, 15) is 4.79 Å². The first kappa shape index (κ1) is 17.5. The van der Waals surface area contributed by atoms with Gasteiger partial charge in [-0.15, -0.1) is 0 Å². The summed E-state index contributed by atoms with van der Waals surface area (Å²) in [5.41, 5.74) is 2.14. The van der Waals surface area contributed by atoms with Gasteiger partial charge in [-0.3, -0.25) is 9.69 Å². The van der Waals surface area contributed by atoms with Gasteiger partial charge in [0.05, 0.1) is 12.7 Å². The molecule has 0 aliphatic carbocycles. The van der Waals surface area contributed by atoms with Gasteiger partial charge in [0.1, 0.15) is 0 Å². The van der Waals surface area contributed by atoms with Gasteiger partial charge < -0.3 is 4.90 Å². The van der Waals surface area contributed by atoms with Crippen LogP contribution in [0.25, 0.3) is 11.0 Å². The maximum absolute atomic E-state index is 12.5. The Morgan fingerprint density at radius 3 is 2.85 bits per heavy atom. The number of hydrogen-bond acceptors (Lipinski definition) is 4. The molecule has 6 heteroatoms. The third-order valence-electron chi connectivity index (χ3n) is 5.68. The van der Waals surface area contributed by atoms with Gasteiger partial charge >= 0.3 is 0 Å². The van der Waals surface area contributed by atoms with Gasteiger partial charge in [0.25, 0.3) is 0 Å². The maximum atomic E-state index is 12.5. The van der Waals surface area contributed by atoms with E-state index in [0.717, 1.165) is 81.6 Å². The van der Waals surface area contributed by atoms with Gasteiger partial charge in [-0.2, -0.15) is 5.10 Å². The molecular weight excluding hydrogens is 326 g/mol. The molecule has 4 rings (SSSR count). The highest BCUT2D eigenvalue weighted by Gasteiger charge is 2.26. The lowest BCUT2D eigenvalue weighted by Crippen LogP contribution is -2.43. The zero-order valence-corrected chi connectivity index (χ0v) is 15.7. The van der Waals surface area contributed by atoms with E-state index in [1.165, 1.54) is 0 Å². The molecule has 2 aromatic heterocycles. The average Bonchev–Trinajstić information content (AvgIpc) is 3.32. The van der Waals surface area contributed by atoms with Crippen molar-refractivity contribution in [2.45, 2.75) is 51.5 Å². The van der Waals surface area contributed by atoms with E-state index >= 15 is 0 Å². The Hall–Kier alpha value is -1.95. The van der Waals surface area contributed by atoms with E-state index in [1.54, 1.807) is 0 Å². The molecule has 0 saturated carbocycles. The van der Waals surface area contributed by atoms with Crippen molar-refractivity contribution in [3.63, 3.8) is 0 Å². The summed E-state index contributed by atoms with van der Waals surface area (Å²) in [4.78, 5) is 21.8. The predicted molar refractivity (Wildman–Crippen MR) is 102 cm³/mol. The molecule has 1 amide bonds. The summed E-state index contributed by atoms with van der Waals surface area (Å²) in [6.45, 7) is 7.46.